The predicted molar refractivity (Wildman–Crippen MR) is 91.8 cm³/mol. The molecule has 4 nitrogen and oxygen atoms in total. The molecule has 1 heterocycles. The van der Waals surface area contributed by atoms with Gasteiger partial charge < -0.3 is 10.1 Å². The second kappa shape index (κ2) is 8.63. The van der Waals surface area contributed by atoms with E-state index >= 15 is 0 Å². The Morgan fingerprint density at radius 1 is 1.29 bits per heavy atom. The van der Waals surface area contributed by atoms with Gasteiger partial charge in [-0.1, -0.05) is 53.1 Å². The van der Waals surface area contributed by atoms with E-state index in [9.17, 15) is 0 Å². The van der Waals surface area contributed by atoms with Gasteiger partial charge in [-0.05, 0) is 26.3 Å². The van der Waals surface area contributed by atoms with E-state index in [2.05, 4.69) is 21.6 Å². The minimum atomic E-state index is 0.222. The van der Waals surface area contributed by atoms with Crippen molar-refractivity contribution < 1.29 is 4.74 Å². The van der Waals surface area contributed by atoms with Gasteiger partial charge >= 0.3 is 0 Å². The number of rotatable bonds is 8. The van der Waals surface area contributed by atoms with Crippen molar-refractivity contribution in [2.24, 2.45) is 0 Å². The molecule has 1 N–H and O–H groups in total. The van der Waals surface area contributed by atoms with Gasteiger partial charge in [0.25, 0.3) is 0 Å². The first-order chi connectivity index (χ1) is 10.3. The first-order valence-electron chi connectivity index (χ1n) is 6.67. The molecular formula is C14H19N3OS3. The van der Waals surface area contributed by atoms with Crippen LogP contribution in [0.3, 0.4) is 0 Å². The molecule has 0 aliphatic heterocycles. The van der Waals surface area contributed by atoms with Gasteiger partial charge in [0.1, 0.15) is 5.75 Å². The van der Waals surface area contributed by atoms with Gasteiger partial charge in [-0.25, -0.2) is 0 Å². The van der Waals surface area contributed by atoms with E-state index in [1.165, 1.54) is 5.56 Å². The van der Waals surface area contributed by atoms with E-state index < -0.39 is 0 Å². The summed E-state index contributed by atoms with van der Waals surface area (Å²) in [6.07, 6.45) is 2.02. The van der Waals surface area contributed by atoms with Crippen LogP contribution in [0.15, 0.2) is 32.9 Å². The van der Waals surface area contributed by atoms with Crippen molar-refractivity contribution in [3.8, 4) is 5.75 Å². The third-order valence-corrected chi connectivity index (χ3v) is 6.00. The summed E-state index contributed by atoms with van der Waals surface area (Å²) in [5, 5.41) is 11.7. The number of ether oxygens (including phenoxy) is 1. The Bertz CT molecular complexity index is 562. The van der Waals surface area contributed by atoms with Gasteiger partial charge in [-0.3, -0.25) is 0 Å². The van der Waals surface area contributed by atoms with Crippen LogP contribution in [-0.4, -0.2) is 35.9 Å². The van der Waals surface area contributed by atoms with Crippen molar-refractivity contribution in [2.45, 2.75) is 21.6 Å². The zero-order valence-corrected chi connectivity index (χ0v) is 14.8. The number of thioether (sulfide) groups is 2. The number of hydrogen-bond donors (Lipinski definition) is 1. The summed E-state index contributed by atoms with van der Waals surface area (Å²) in [5.74, 6) is 1.84. The van der Waals surface area contributed by atoms with Gasteiger partial charge in [-0.2, -0.15) is 0 Å². The molecule has 0 bridgehead atoms. The van der Waals surface area contributed by atoms with Crippen LogP contribution in [0.25, 0.3) is 0 Å². The molecule has 0 saturated carbocycles. The average Bonchev–Trinajstić information content (AvgIpc) is 2.98. The maximum atomic E-state index is 5.72. The molecular weight excluding hydrogens is 322 g/mol. The lowest BCUT2D eigenvalue weighted by atomic mass is 10.1. The summed E-state index contributed by atoms with van der Waals surface area (Å²) in [5.41, 5.74) is 1.18. The van der Waals surface area contributed by atoms with Crippen LogP contribution in [0.4, 0.5) is 0 Å². The number of nitrogens with zero attached hydrogens (tertiary/aromatic N) is 2. The molecule has 114 valence electrons. The maximum Gasteiger partial charge on any atom is 0.175 e. The molecule has 0 radical (unpaired) electrons. The minimum absolute atomic E-state index is 0.222. The van der Waals surface area contributed by atoms with Crippen molar-refractivity contribution in [3.05, 3.63) is 29.8 Å². The standard InChI is InChI=1S/C14H19N3OS3/c1-4-18-12-8-6-5-7-10(12)11(15-2)9-20-14-17-16-13(19-3)21-14/h5-8,11,15H,4,9H2,1-3H3. The quantitative estimate of drug-likeness (QED) is 0.739. The summed E-state index contributed by atoms with van der Waals surface area (Å²) in [7, 11) is 1.97. The van der Waals surface area contributed by atoms with Gasteiger partial charge in [0.15, 0.2) is 8.68 Å². The first kappa shape index (κ1) is 16.6. The van der Waals surface area contributed by atoms with Crippen LogP contribution in [0.5, 0.6) is 5.75 Å². The van der Waals surface area contributed by atoms with Crippen LogP contribution in [0, 0.1) is 0 Å². The molecule has 0 aliphatic rings. The summed E-state index contributed by atoms with van der Waals surface area (Å²) < 4.78 is 7.73. The Kier molecular flexibility index (Phi) is 6.82. The second-order valence-corrected chi connectivity index (χ2v) is 7.46. The summed E-state index contributed by atoms with van der Waals surface area (Å²) >= 11 is 5.00. The van der Waals surface area contributed by atoms with E-state index in [4.69, 9.17) is 4.74 Å². The summed E-state index contributed by atoms with van der Waals surface area (Å²) in [4.78, 5) is 0. The molecule has 21 heavy (non-hydrogen) atoms. The maximum absolute atomic E-state index is 5.72. The van der Waals surface area contributed by atoms with Crippen LogP contribution >= 0.6 is 34.9 Å². The predicted octanol–water partition coefficient (Wildman–Crippen LogP) is 3.71. The molecule has 2 aromatic rings. The lowest BCUT2D eigenvalue weighted by molar-refractivity contribution is 0.333. The van der Waals surface area contributed by atoms with Crippen molar-refractivity contribution in [2.75, 3.05) is 25.7 Å². The molecule has 7 heteroatoms. The van der Waals surface area contributed by atoms with Crippen molar-refractivity contribution in [1.82, 2.24) is 15.5 Å². The fourth-order valence-corrected chi connectivity index (χ4v) is 4.47. The van der Waals surface area contributed by atoms with Crippen LogP contribution in [0.1, 0.15) is 18.5 Å². The molecule has 0 spiro atoms. The highest BCUT2D eigenvalue weighted by atomic mass is 32.2. The Labute approximate surface area is 138 Å². The normalized spacial score (nSPS) is 12.3. The highest BCUT2D eigenvalue weighted by Gasteiger charge is 2.16. The SMILES string of the molecule is CCOc1ccccc1C(CSc1nnc(SC)s1)NC. The number of nitrogens with one attached hydrogen (secondary N) is 1. The van der Waals surface area contributed by atoms with Crippen LogP contribution < -0.4 is 10.1 Å². The third kappa shape index (κ3) is 4.60. The molecule has 2 rings (SSSR count). The molecule has 1 atom stereocenters. The zero-order chi connectivity index (χ0) is 15.1. The largest absolute Gasteiger partial charge is 0.494 e. The van der Waals surface area contributed by atoms with Crippen molar-refractivity contribution >= 4 is 34.9 Å². The zero-order valence-electron chi connectivity index (χ0n) is 12.3. The lowest BCUT2D eigenvalue weighted by Gasteiger charge is -2.19. The van der Waals surface area contributed by atoms with Crippen molar-refractivity contribution in [3.63, 3.8) is 0 Å². The Balaban J connectivity index is 2.05. The minimum Gasteiger partial charge on any atom is -0.494 e. The number of hydrogen-bond acceptors (Lipinski definition) is 7. The Morgan fingerprint density at radius 3 is 2.71 bits per heavy atom. The molecule has 1 aromatic carbocycles. The first-order valence-corrected chi connectivity index (χ1v) is 9.70. The van der Waals surface area contributed by atoms with E-state index in [1.54, 1.807) is 34.9 Å². The van der Waals surface area contributed by atoms with E-state index in [0.717, 1.165) is 20.2 Å². The van der Waals surface area contributed by atoms with Crippen LogP contribution in [-0.2, 0) is 0 Å². The fourth-order valence-electron chi connectivity index (χ4n) is 1.88. The molecule has 0 fully saturated rings. The van der Waals surface area contributed by atoms with Gasteiger partial charge in [-0.15, -0.1) is 10.2 Å². The monoisotopic (exact) mass is 341 g/mol. The fraction of sp³-hybridized carbons (Fsp3) is 0.429. The molecule has 0 amide bonds. The third-order valence-electron chi connectivity index (χ3n) is 2.88. The lowest BCUT2D eigenvalue weighted by Crippen LogP contribution is -2.19. The van der Waals surface area contributed by atoms with Gasteiger partial charge in [0.2, 0.25) is 0 Å². The number of benzene rings is 1. The second-order valence-electron chi connectivity index (χ2n) is 4.16. The van der Waals surface area contributed by atoms with Gasteiger partial charge in [0.05, 0.1) is 6.61 Å². The number of aromatic nitrogens is 2. The highest BCUT2D eigenvalue weighted by Crippen LogP contribution is 2.32. The average molecular weight is 342 g/mol. The van der Waals surface area contributed by atoms with Gasteiger partial charge in [0, 0.05) is 17.4 Å². The number of para-hydroxylation sites is 1. The van der Waals surface area contributed by atoms with Crippen molar-refractivity contribution in [1.29, 1.82) is 0 Å². The topological polar surface area (TPSA) is 47.0 Å². The summed E-state index contributed by atoms with van der Waals surface area (Å²) in [6.45, 7) is 2.68. The highest BCUT2D eigenvalue weighted by molar-refractivity contribution is 8.02. The van der Waals surface area contributed by atoms with E-state index in [0.29, 0.717) is 6.61 Å². The summed E-state index contributed by atoms with van der Waals surface area (Å²) in [6, 6.07) is 8.40. The smallest absolute Gasteiger partial charge is 0.175 e. The molecule has 1 unspecified atom stereocenters. The molecule has 1 aromatic heterocycles. The molecule has 0 saturated heterocycles. The van der Waals surface area contributed by atoms with E-state index in [1.807, 2.05) is 38.4 Å². The molecule has 0 aliphatic carbocycles. The van der Waals surface area contributed by atoms with Crippen LogP contribution in [0.2, 0.25) is 0 Å². The Morgan fingerprint density at radius 2 is 2.05 bits per heavy atom. The Hall–Kier alpha value is -0.760. The van der Waals surface area contributed by atoms with E-state index in [-0.39, 0.29) is 6.04 Å².